The number of para-hydroxylation sites is 1. The molecule has 3 aromatic rings. The van der Waals surface area contributed by atoms with E-state index in [9.17, 15) is 0 Å². The van der Waals surface area contributed by atoms with E-state index in [-0.39, 0.29) is 0 Å². The van der Waals surface area contributed by atoms with Gasteiger partial charge in [0.15, 0.2) is 0 Å². The van der Waals surface area contributed by atoms with Crippen molar-refractivity contribution in [1.29, 1.82) is 0 Å². The Balaban J connectivity index is 1.32. The molecule has 2 nitrogen and oxygen atoms in total. The van der Waals surface area contributed by atoms with Crippen molar-refractivity contribution in [1.82, 2.24) is 4.98 Å². The molecule has 0 aliphatic carbocycles. The molecule has 1 aliphatic rings. The summed E-state index contributed by atoms with van der Waals surface area (Å²) in [6, 6.07) is 19.1. The van der Waals surface area contributed by atoms with Gasteiger partial charge in [0.25, 0.3) is 0 Å². The molecular formula is C21H23N2S+. The van der Waals surface area contributed by atoms with Gasteiger partial charge in [-0.1, -0.05) is 48.5 Å². The van der Waals surface area contributed by atoms with E-state index in [1.54, 1.807) is 4.90 Å². The molecule has 0 unspecified atom stereocenters. The topological polar surface area (TPSA) is 17.3 Å². The van der Waals surface area contributed by atoms with Crippen molar-refractivity contribution in [2.75, 3.05) is 19.6 Å². The van der Waals surface area contributed by atoms with Crippen molar-refractivity contribution in [2.24, 2.45) is 0 Å². The third kappa shape index (κ3) is 3.58. The Hall–Kier alpha value is -1.97. The predicted molar refractivity (Wildman–Crippen MR) is 103 cm³/mol. The second-order valence-corrected chi connectivity index (χ2v) is 7.62. The Morgan fingerprint density at radius 2 is 1.75 bits per heavy atom. The van der Waals surface area contributed by atoms with Gasteiger partial charge in [-0.3, -0.25) is 0 Å². The summed E-state index contributed by atoms with van der Waals surface area (Å²) in [5.74, 6) is 0.657. The van der Waals surface area contributed by atoms with Gasteiger partial charge in [0, 0.05) is 18.8 Å². The van der Waals surface area contributed by atoms with E-state index in [0.717, 1.165) is 12.1 Å². The number of thiazole rings is 1. The van der Waals surface area contributed by atoms with Gasteiger partial charge in [-0.2, -0.15) is 0 Å². The smallest absolute Gasteiger partial charge is 0.0974 e. The number of hydrogen-bond acceptors (Lipinski definition) is 2. The molecule has 1 N–H and O–H groups in total. The van der Waals surface area contributed by atoms with Crippen LogP contribution in [-0.2, 0) is 0 Å². The van der Waals surface area contributed by atoms with Crippen LogP contribution in [0.4, 0.5) is 0 Å². The maximum Gasteiger partial charge on any atom is 0.0974 e. The van der Waals surface area contributed by atoms with Gasteiger partial charge >= 0.3 is 0 Å². The highest BCUT2D eigenvalue weighted by atomic mass is 32.1. The Kier molecular flexibility index (Phi) is 4.72. The summed E-state index contributed by atoms with van der Waals surface area (Å²) in [6.07, 6.45) is 7.08. The van der Waals surface area contributed by atoms with Crippen LogP contribution < -0.4 is 4.90 Å². The highest BCUT2D eigenvalue weighted by Gasteiger charge is 2.25. The summed E-state index contributed by atoms with van der Waals surface area (Å²) in [7, 11) is 0. The lowest BCUT2D eigenvalue weighted by Crippen LogP contribution is -3.12. The molecule has 1 saturated heterocycles. The number of likely N-dealkylation sites (tertiary alicyclic amines) is 1. The van der Waals surface area contributed by atoms with Crippen molar-refractivity contribution >= 4 is 27.6 Å². The molecule has 0 atom stereocenters. The van der Waals surface area contributed by atoms with E-state index in [4.69, 9.17) is 4.98 Å². The number of nitrogens with one attached hydrogen (secondary N) is 1. The zero-order chi connectivity index (χ0) is 16.2. The van der Waals surface area contributed by atoms with Crippen LogP contribution in [0.5, 0.6) is 0 Å². The molecule has 2 aromatic carbocycles. The molecule has 1 fully saturated rings. The zero-order valence-electron chi connectivity index (χ0n) is 13.8. The minimum absolute atomic E-state index is 0.657. The van der Waals surface area contributed by atoms with Crippen LogP contribution in [0.1, 0.15) is 29.3 Å². The number of nitrogens with zero attached hydrogens (tertiary/aromatic N) is 1. The van der Waals surface area contributed by atoms with E-state index in [1.807, 2.05) is 11.3 Å². The normalized spacial score (nSPS) is 21.5. The quantitative estimate of drug-likeness (QED) is 0.768. The first-order chi connectivity index (χ1) is 11.9. The highest BCUT2D eigenvalue weighted by molar-refractivity contribution is 7.18. The maximum atomic E-state index is 4.86. The predicted octanol–water partition coefficient (Wildman–Crippen LogP) is 3.77. The lowest BCUT2D eigenvalue weighted by atomic mass is 9.97. The molecule has 1 aliphatic heterocycles. The van der Waals surface area contributed by atoms with Crippen LogP contribution >= 0.6 is 11.3 Å². The van der Waals surface area contributed by atoms with Gasteiger partial charge in [-0.05, 0) is 23.8 Å². The highest BCUT2D eigenvalue weighted by Crippen LogP contribution is 2.31. The van der Waals surface area contributed by atoms with Crippen LogP contribution in [0, 0.1) is 0 Å². The lowest BCUT2D eigenvalue weighted by Gasteiger charge is -2.27. The summed E-state index contributed by atoms with van der Waals surface area (Å²) < 4.78 is 1.33. The molecule has 1 aromatic heterocycles. The zero-order valence-corrected chi connectivity index (χ0v) is 14.6. The minimum Gasteiger partial charge on any atom is -0.332 e. The molecule has 0 spiro atoms. The number of piperidine rings is 1. The largest absolute Gasteiger partial charge is 0.332 e. The van der Waals surface area contributed by atoms with E-state index < -0.39 is 0 Å². The van der Waals surface area contributed by atoms with Gasteiger partial charge in [-0.15, -0.1) is 11.3 Å². The standard InChI is InChI=1S/C21H22N2S/c1-2-7-17(8-3-1)9-6-14-23-15-12-18(13-16-23)21-22-19-10-4-5-11-20(19)24-21/h1-11,18H,12-16H2/p+1/b9-6+. The molecule has 0 amide bonds. The van der Waals surface area contributed by atoms with Crippen LogP contribution in [0.2, 0.25) is 0 Å². The van der Waals surface area contributed by atoms with E-state index >= 15 is 0 Å². The number of fused-ring (bicyclic) bond motifs is 1. The number of aromatic nitrogens is 1. The Morgan fingerprint density at radius 1 is 1.00 bits per heavy atom. The molecule has 3 heteroatoms. The summed E-state index contributed by atoms with van der Waals surface area (Å²) >= 11 is 1.89. The fourth-order valence-corrected chi connectivity index (χ4v) is 4.60. The fraction of sp³-hybridized carbons (Fsp3) is 0.286. The van der Waals surface area contributed by atoms with Crippen LogP contribution in [0.15, 0.2) is 60.7 Å². The first-order valence-corrected chi connectivity index (χ1v) is 9.61. The van der Waals surface area contributed by atoms with Crippen LogP contribution in [-0.4, -0.2) is 24.6 Å². The van der Waals surface area contributed by atoms with Gasteiger partial charge in [0.2, 0.25) is 0 Å². The SMILES string of the molecule is C(=C\c1ccccc1)/C[NH+]1CCC(c2nc3ccccc3s2)CC1. The maximum absolute atomic E-state index is 4.86. The van der Waals surface area contributed by atoms with E-state index in [2.05, 4.69) is 66.7 Å². The second kappa shape index (κ2) is 7.29. The first-order valence-electron chi connectivity index (χ1n) is 8.79. The first kappa shape index (κ1) is 15.6. The van der Waals surface area contributed by atoms with Crippen molar-refractivity contribution in [3.05, 3.63) is 71.2 Å². The molecule has 24 heavy (non-hydrogen) atoms. The fourth-order valence-electron chi connectivity index (χ4n) is 3.47. The Morgan fingerprint density at radius 3 is 2.54 bits per heavy atom. The van der Waals surface area contributed by atoms with Crippen molar-refractivity contribution in [3.63, 3.8) is 0 Å². The molecule has 0 bridgehead atoms. The van der Waals surface area contributed by atoms with Crippen molar-refractivity contribution in [3.8, 4) is 0 Å². The van der Waals surface area contributed by atoms with E-state index in [0.29, 0.717) is 5.92 Å². The Bertz CT molecular complexity index is 781. The van der Waals surface area contributed by atoms with E-state index in [1.165, 1.54) is 41.2 Å². The van der Waals surface area contributed by atoms with Gasteiger partial charge in [0.05, 0.1) is 34.9 Å². The summed E-state index contributed by atoms with van der Waals surface area (Å²) in [6.45, 7) is 3.63. The second-order valence-electron chi connectivity index (χ2n) is 6.56. The average molecular weight is 335 g/mol. The monoisotopic (exact) mass is 335 g/mol. The summed E-state index contributed by atoms with van der Waals surface area (Å²) in [4.78, 5) is 6.55. The number of benzene rings is 2. The van der Waals surface area contributed by atoms with Crippen LogP contribution in [0.3, 0.4) is 0 Å². The molecule has 4 rings (SSSR count). The third-order valence-corrected chi connectivity index (χ3v) is 6.07. The van der Waals surface area contributed by atoms with Gasteiger partial charge in [0.1, 0.15) is 0 Å². The lowest BCUT2D eigenvalue weighted by molar-refractivity contribution is -0.899. The molecule has 2 heterocycles. The molecular weight excluding hydrogens is 312 g/mol. The minimum atomic E-state index is 0.657. The number of hydrogen-bond donors (Lipinski definition) is 1. The summed E-state index contributed by atoms with van der Waals surface area (Å²) in [5.41, 5.74) is 2.46. The van der Waals surface area contributed by atoms with Crippen LogP contribution in [0.25, 0.3) is 16.3 Å². The van der Waals surface area contributed by atoms with Gasteiger partial charge < -0.3 is 4.90 Å². The molecule has 0 saturated carbocycles. The van der Waals surface area contributed by atoms with Crippen molar-refractivity contribution in [2.45, 2.75) is 18.8 Å². The number of rotatable bonds is 4. The molecule has 122 valence electrons. The van der Waals surface area contributed by atoms with Crippen molar-refractivity contribution < 1.29 is 4.90 Å². The number of quaternary nitrogens is 1. The third-order valence-electron chi connectivity index (χ3n) is 4.87. The molecule has 0 radical (unpaired) electrons. The van der Waals surface area contributed by atoms with Gasteiger partial charge in [-0.25, -0.2) is 4.98 Å². The summed E-state index contributed by atoms with van der Waals surface area (Å²) in [5, 5.41) is 1.34. The average Bonchev–Trinajstić information content (AvgIpc) is 3.07. The Labute approximate surface area is 147 Å².